The summed E-state index contributed by atoms with van der Waals surface area (Å²) < 4.78 is 91.0. The van der Waals surface area contributed by atoms with Crippen molar-refractivity contribution in [2.45, 2.75) is 18.9 Å². The van der Waals surface area contributed by atoms with Crippen molar-refractivity contribution >= 4 is 28.4 Å². The van der Waals surface area contributed by atoms with Crippen LogP contribution in [-0.4, -0.2) is 35.1 Å². The van der Waals surface area contributed by atoms with Gasteiger partial charge in [-0.25, -0.2) is 4.79 Å². The van der Waals surface area contributed by atoms with E-state index in [1.165, 1.54) is 36.1 Å². The second kappa shape index (κ2) is 8.36. The maximum absolute atomic E-state index is 13.6. The second-order valence-electron chi connectivity index (χ2n) is 7.65. The molecule has 0 aliphatic carbocycles. The van der Waals surface area contributed by atoms with Crippen LogP contribution in [0.4, 0.5) is 26.3 Å². The first-order chi connectivity index (χ1) is 16.3. The quantitative estimate of drug-likeness (QED) is 0.177. The van der Waals surface area contributed by atoms with E-state index in [4.69, 9.17) is 4.74 Å². The van der Waals surface area contributed by atoms with Crippen molar-refractivity contribution in [1.82, 2.24) is 4.57 Å². The molecule has 0 unspecified atom stereocenters. The average Bonchev–Trinajstić information content (AvgIpc) is 3.31. The first-order valence-corrected chi connectivity index (χ1v) is 9.89. The molecule has 0 spiro atoms. The van der Waals surface area contributed by atoms with Crippen molar-refractivity contribution < 1.29 is 50.5 Å². The van der Waals surface area contributed by atoms with E-state index in [0.29, 0.717) is 17.3 Å². The van der Waals surface area contributed by atoms with Crippen LogP contribution >= 0.6 is 0 Å². The van der Waals surface area contributed by atoms with Crippen LogP contribution in [0.3, 0.4) is 0 Å². The number of aromatic nitrogens is 1. The summed E-state index contributed by atoms with van der Waals surface area (Å²) >= 11 is 0. The van der Waals surface area contributed by atoms with Crippen LogP contribution in [0.15, 0.2) is 48.2 Å². The minimum atomic E-state index is -5.07. The fourth-order valence-corrected chi connectivity index (χ4v) is 3.79. The summed E-state index contributed by atoms with van der Waals surface area (Å²) in [5.41, 5.74) is -3.39. The van der Waals surface area contributed by atoms with Gasteiger partial charge in [0.25, 0.3) is 5.78 Å². The van der Waals surface area contributed by atoms with Crippen molar-refractivity contribution in [3.63, 3.8) is 0 Å². The van der Waals surface area contributed by atoms with E-state index in [-0.39, 0.29) is 22.6 Å². The highest BCUT2D eigenvalue weighted by atomic mass is 19.4. The lowest BCUT2D eigenvalue weighted by molar-refractivity contribution is -0.146. The normalized spacial score (nSPS) is 16.1. The molecule has 1 aromatic heterocycles. The van der Waals surface area contributed by atoms with Crippen LogP contribution in [-0.2, 0) is 33.2 Å². The summed E-state index contributed by atoms with van der Waals surface area (Å²) in [6.07, 6.45) is -8.79. The molecule has 0 saturated carbocycles. The third-order valence-corrected chi connectivity index (χ3v) is 5.52. The largest absolute Gasteiger partial charge is 0.507 e. The zero-order valence-corrected chi connectivity index (χ0v) is 17.8. The summed E-state index contributed by atoms with van der Waals surface area (Å²) in [6, 6.07) is 5.77. The zero-order chi connectivity index (χ0) is 25.7. The number of ketones is 1. The molecule has 0 amide bonds. The number of esters is 1. The Morgan fingerprint density at radius 1 is 1.06 bits per heavy atom. The molecule has 1 saturated heterocycles. The van der Waals surface area contributed by atoms with Crippen LogP contribution in [0.2, 0.25) is 0 Å². The molecular formula is C23H15F6NO5. The molecule has 1 fully saturated rings. The van der Waals surface area contributed by atoms with E-state index >= 15 is 0 Å². The first kappa shape index (κ1) is 24.2. The minimum Gasteiger partial charge on any atom is -0.507 e. The maximum atomic E-state index is 13.6. The second-order valence-corrected chi connectivity index (χ2v) is 7.65. The van der Waals surface area contributed by atoms with E-state index in [0.717, 1.165) is 6.07 Å². The highest BCUT2D eigenvalue weighted by Gasteiger charge is 2.38. The molecular weight excluding hydrogens is 484 g/mol. The number of methoxy groups -OCH3 is 1. The smallest absolute Gasteiger partial charge is 0.416 e. The Balaban J connectivity index is 1.88. The van der Waals surface area contributed by atoms with Gasteiger partial charge in [-0.05, 0) is 35.9 Å². The molecule has 2 heterocycles. The van der Waals surface area contributed by atoms with Gasteiger partial charge in [0.15, 0.2) is 0 Å². The summed E-state index contributed by atoms with van der Waals surface area (Å²) in [5.74, 6) is -2.51. The average molecular weight is 499 g/mol. The van der Waals surface area contributed by atoms with Crippen molar-refractivity contribution in [3.05, 3.63) is 70.4 Å². The molecule has 12 heteroatoms. The van der Waals surface area contributed by atoms with Crippen molar-refractivity contribution in [3.8, 4) is 5.75 Å². The summed E-state index contributed by atoms with van der Waals surface area (Å²) in [7, 11) is 1.36. The van der Waals surface area contributed by atoms with Crippen molar-refractivity contribution in [2.75, 3.05) is 13.7 Å². The number of carbonyl (C=O) groups is 2. The number of hydrogen-bond acceptors (Lipinski definition) is 5. The van der Waals surface area contributed by atoms with Gasteiger partial charge in [0.1, 0.15) is 18.1 Å². The van der Waals surface area contributed by atoms with Gasteiger partial charge in [-0.3, -0.25) is 4.79 Å². The van der Waals surface area contributed by atoms with Crippen molar-refractivity contribution in [2.24, 2.45) is 0 Å². The molecule has 0 radical (unpaired) electrons. The molecule has 1 aliphatic rings. The van der Waals surface area contributed by atoms with Crippen LogP contribution in [0.1, 0.15) is 22.3 Å². The van der Waals surface area contributed by atoms with E-state index < -0.39 is 59.7 Å². The summed E-state index contributed by atoms with van der Waals surface area (Å²) in [4.78, 5) is 23.4. The fourth-order valence-electron chi connectivity index (χ4n) is 3.79. The molecule has 35 heavy (non-hydrogen) atoms. The number of halogens is 6. The first-order valence-electron chi connectivity index (χ1n) is 9.89. The lowest BCUT2D eigenvalue weighted by Crippen LogP contribution is -2.15. The van der Waals surface area contributed by atoms with Crippen LogP contribution in [0.5, 0.6) is 5.75 Å². The number of fused-ring (bicyclic) bond motifs is 1. The van der Waals surface area contributed by atoms with Crippen molar-refractivity contribution in [1.29, 1.82) is 0 Å². The van der Waals surface area contributed by atoms with Gasteiger partial charge in [-0.2, -0.15) is 26.3 Å². The Morgan fingerprint density at radius 3 is 2.34 bits per heavy atom. The minimum absolute atomic E-state index is 0.000945. The predicted octanol–water partition coefficient (Wildman–Crippen LogP) is 5.13. The van der Waals surface area contributed by atoms with E-state index in [2.05, 4.69) is 4.74 Å². The lowest BCUT2D eigenvalue weighted by Gasteiger charge is -2.17. The molecule has 2 aromatic carbocycles. The molecule has 1 aliphatic heterocycles. The fraction of sp³-hybridized carbons (Fsp3) is 0.217. The third-order valence-electron chi connectivity index (χ3n) is 5.52. The predicted molar refractivity (Wildman–Crippen MR) is 110 cm³/mol. The van der Waals surface area contributed by atoms with Gasteiger partial charge in [0.2, 0.25) is 0 Å². The molecule has 0 bridgehead atoms. The molecule has 184 valence electrons. The number of cyclic esters (lactones) is 1. The van der Waals surface area contributed by atoms with Crippen LogP contribution in [0, 0.1) is 0 Å². The summed E-state index contributed by atoms with van der Waals surface area (Å²) in [5, 5.41) is 11.0. The SMILES string of the molecule is COc1ccc2c(c1)c(C(O)=C1COC(=O)C1=O)cn2Cc1ccc(C(F)(F)F)cc1C(F)(F)F. The molecule has 0 atom stereocenters. The van der Waals surface area contributed by atoms with Gasteiger partial charge in [-0.1, -0.05) is 6.07 Å². The number of benzene rings is 2. The monoisotopic (exact) mass is 499 g/mol. The number of rotatable bonds is 4. The number of aliphatic hydroxyl groups is 1. The van der Waals surface area contributed by atoms with Gasteiger partial charge in [0, 0.05) is 29.2 Å². The summed E-state index contributed by atoms with van der Waals surface area (Å²) in [6.45, 7) is -1.00. The lowest BCUT2D eigenvalue weighted by atomic mass is 10.0. The van der Waals surface area contributed by atoms with Gasteiger partial charge >= 0.3 is 18.3 Å². The number of alkyl halides is 6. The van der Waals surface area contributed by atoms with E-state index in [1.54, 1.807) is 0 Å². The number of ether oxygens (including phenoxy) is 2. The Hall–Kier alpha value is -3.96. The number of hydrogen-bond donors (Lipinski definition) is 1. The molecule has 3 aromatic rings. The maximum Gasteiger partial charge on any atom is 0.416 e. The molecule has 6 nitrogen and oxygen atoms in total. The number of Topliss-reactive ketones (excluding diaryl/α,β-unsaturated/α-hetero) is 1. The number of aliphatic hydroxyl groups excluding tert-OH is 1. The third kappa shape index (κ3) is 4.43. The van der Waals surface area contributed by atoms with E-state index in [9.17, 15) is 41.0 Å². The Morgan fingerprint density at radius 2 is 1.77 bits per heavy atom. The standard InChI is InChI=1S/C23H15F6NO5/c1-34-13-4-5-18-14(7-13)15(19(31)16-10-35-21(33)20(16)32)9-30(18)8-11-2-3-12(22(24,25)26)6-17(11)23(27,28)29/h2-7,9,31H,8,10H2,1H3. The number of nitrogens with zero attached hydrogens (tertiary/aromatic N) is 1. The van der Waals surface area contributed by atoms with Gasteiger partial charge < -0.3 is 19.1 Å². The van der Waals surface area contributed by atoms with Crippen LogP contribution < -0.4 is 4.74 Å². The van der Waals surface area contributed by atoms with E-state index in [1.807, 2.05) is 0 Å². The topological polar surface area (TPSA) is 77.8 Å². The Kier molecular flexibility index (Phi) is 5.78. The highest BCUT2D eigenvalue weighted by molar-refractivity contribution is 6.43. The highest BCUT2D eigenvalue weighted by Crippen LogP contribution is 2.39. The van der Waals surface area contributed by atoms with Gasteiger partial charge in [0.05, 0.1) is 23.8 Å². The molecule has 1 N–H and O–H groups in total. The Bertz CT molecular complexity index is 1380. The Labute approximate surface area is 193 Å². The zero-order valence-electron chi connectivity index (χ0n) is 17.8. The molecule has 4 rings (SSSR count). The number of carbonyl (C=O) groups excluding carboxylic acids is 2. The van der Waals surface area contributed by atoms with Gasteiger partial charge in [-0.15, -0.1) is 0 Å². The van der Waals surface area contributed by atoms with Crippen LogP contribution in [0.25, 0.3) is 16.7 Å².